The fraction of sp³-hybridized carbons (Fsp3) is 0.0455. The summed E-state index contributed by atoms with van der Waals surface area (Å²) >= 11 is 0. The predicted octanol–water partition coefficient (Wildman–Crippen LogP) is 11.9. The fourth-order valence-corrected chi connectivity index (χ4v) is 7.29. The minimum Gasteiger partial charge on any atom is -0.0616 e. The summed E-state index contributed by atoms with van der Waals surface area (Å²) in [5.41, 5.74) is 13.3. The van der Waals surface area contributed by atoms with Crippen LogP contribution in [-0.2, 0) is 12.8 Å². The van der Waals surface area contributed by atoms with E-state index >= 15 is 0 Å². The smallest absolute Gasteiger partial charge is 0.0105 e. The van der Waals surface area contributed by atoms with Crippen molar-refractivity contribution in [3.63, 3.8) is 0 Å². The van der Waals surface area contributed by atoms with Crippen LogP contribution in [0.2, 0.25) is 0 Å². The van der Waals surface area contributed by atoms with Gasteiger partial charge in [0, 0.05) is 0 Å². The zero-order chi connectivity index (χ0) is 29.0. The van der Waals surface area contributed by atoms with Crippen molar-refractivity contribution in [2.24, 2.45) is 0 Å². The lowest BCUT2D eigenvalue weighted by Crippen LogP contribution is -2.05. The van der Waals surface area contributed by atoms with Crippen LogP contribution in [0.4, 0.5) is 0 Å². The van der Waals surface area contributed by atoms with Crippen molar-refractivity contribution in [1.29, 1.82) is 0 Å². The van der Waals surface area contributed by atoms with Crippen LogP contribution in [0.5, 0.6) is 0 Å². The summed E-state index contributed by atoms with van der Waals surface area (Å²) in [5.74, 6) is 0. The maximum atomic E-state index is 2.41. The first-order valence-electron chi connectivity index (χ1n) is 15.6. The van der Waals surface area contributed by atoms with Crippen LogP contribution in [0.15, 0.2) is 158 Å². The van der Waals surface area contributed by atoms with E-state index in [1.807, 2.05) is 0 Å². The number of fused-ring (bicyclic) bond motifs is 7. The molecule has 0 amide bonds. The van der Waals surface area contributed by atoms with Crippen molar-refractivity contribution in [3.8, 4) is 44.5 Å². The molecule has 8 aromatic carbocycles. The Labute approximate surface area is 257 Å². The van der Waals surface area contributed by atoms with Gasteiger partial charge in [0.1, 0.15) is 0 Å². The SMILES string of the molecule is c1ccc2cc(-c3ccc4c(c3)CCc3c-4ccc4cc(-c5ccc(-c6cccc7ccccc67)cc5)ccc34)ccc2c1. The largest absolute Gasteiger partial charge is 0.0616 e. The molecule has 206 valence electrons. The summed E-state index contributed by atoms with van der Waals surface area (Å²) < 4.78 is 0. The highest BCUT2D eigenvalue weighted by molar-refractivity contribution is 5.98. The third-order valence-corrected chi connectivity index (χ3v) is 9.57. The first kappa shape index (κ1) is 25.1. The second-order valence-corrected chi connectivity index (χ2v) is 12.1. The first-order chi connectivity index (χ1) is 21.8. The second kappa shape index (κ2) is 10.1. The summed E-state index contributed by atoms with van der Waals surface area (Å²) in [7, 11) is 0. The monoisotopic (exact) mass is 558 g/mol. The van der Waals surface area contributed by atoms with E-state index in [1.165, 1.54) is 88.0 Å². The van der Waals surface area contributed by atoms with E-state index in [0.717, 1.165) is 12.8 Å². The van der Waals surface area contributed by atoms with E-state index in [-0.39, 0.29) is 0 Å². The Morgan fingerprint density at radius 2 is 0.909 bits per heavy atom. The fourth-order valence-electron chi connectivity index (χ4n) is 7.29. The van der Waals surface area contributed by atoms with E-state index in [2.05, 4.69) is 158 Å². The van der Waals surface area contributed by atoms with Crippen molar-refractivity contribution in [2.45, 2.75) is 12.8 Å². The minimum absolute atomic E-state index is 1.07. The van der Waals surface area contributed by atoms with Gasteiger partial charge in [-0.25, -0.2) is 0 Å². The van der Waals surface area contributed by atoms with E-state index in [1.54, 1.807) is 0 Å². The molecule has 0 saturated heterocycles. The van der Waals surface area contributed by atoms with E-state index in [0.29, 0.717) is 0 Å². The van der Waals surface area contributed by atoms with Gasteiger partial charge < -0.3 is 0 Å². The molecule has 0 bridgehead atoms. The summed E-state index contributed by atoms with van der Waals surface area (Å²) in [4.78, 5) is 0. The minimum atomic E-state index is 1.07. The zero-order valence-electron chi connectivity index (χ0n) is 24.4. The molecule has 1 aliphatic rings. The molecule has 0 spiro atoms. The zero-order valence-corrected chi connectivity index (χ0v) is 24.4. The Morgan fingerprint density at radius 3 is 1.82 bits per heavy atom. The average Bonchev–Trinajstić information content (AvgIpc) is 3.10. The number of hydrogen-bond acceptors (Lipinski definition) is 0. The van der Waals surface area contributed by atoms with Crippen LogP contribution < -0.4 is 0 Å². The molecule has 44 heavy (non-hydrogen) atoms. The van der Waals surface area contributed by atoms with Gasteiger partial charge in [0.25, 0.3) is 0 Å². The summed E-state index contributed by atoms with van der Waals surface area (Å²) in [6.07, 6.45) is 2.14. The number of rotatable bonds is 3. The molecule has 0 atom stereocenters. The van der Waals surface area contributed by atoms with E-state index in [4.69, 9.17) is 0 Å². The molecule has 0 aromatic heterocycles. The molecule has 1 aliphatic carbocycles. The molecule has 8 aromatic rings. The Morgan fingerprint density at radius 1 is 0.295 bits per heavy atom. The topological polar surface area (TPSA) is 0 Å². The lowest BCUT2D eigenvalue weighted by molar-refractivity contribution is 0.951. The Kier molecular flexibility index (Phi) is 5.74. The van der Waals surface area contributed by atoms with E-state index in [9.17, 15) is 0 Å². The molecule has 0 heteroatoms. The third kappa shape index (κ3) is 4.14. The summed E-state index contributed by atoms with van der Waals surface area (Å²) in [6.45, 7) is 0. The van der Waals surface area contributed by atoms with Crippen LogP contribution in [-0.4, -0.2) is 0 Å². The van der Waals surface area contributed by atoms with Gasteiger partial charge in [-0.3, -0.25) is 0 Å². The Hall–Kier alpha value is -5.46. The highest BCUT2D eigenvalue weighted by atomic mass is 14.2. The van der Waals surface area contributed by atoms with Gasteiger partial charge in [0.15, 0.2) is 0 Å². The van der Waals surface area contributed by atoms with Gasteiger partial charge >= 0.3 is 0 Å². The summed E-state index contributed by atoms with van der Waals surface area (Å²) in [6, 6.07) is 58.4. The maximum Gasteiger partial charge on any atom is -0.0105 e. The molecule has 0 heterocycles. The van der Waals surface area contributed by atoms with Crippen LogP contribution in [0.25, 0.3) is 76.8 Å². The molecule has 0 saturated carbocycles. The standard InChI is InChI=1S/C44H30/c1-2-8-33-26-35(17-14-29(33)6-1)36-19-23-42-38(28-36)21-25-43-41-22-18-34(27-37(41)20-24-44(42)43)30-12-15-32(16-13-30)40-11-5-9-31-7-3-4-10-39(31)40/h1-20,22-24,26-28H,21,25H2. The van der Waals surface area contributed by atoms with Gasteiger partial charge in [-0.2, -0.15) is 0 Å². The predicted molar refractivity (Wildman–Crippen MR) is 188 cm³/mol. The Bertz CT molecular complexity index is 2370. The molecule has 0 fully saturated rings. The molecule has 0 nitrogen and oxygen atoms in total. The molecule has 9 rings (SSSR count). The van der Waals surface area contributed by atoms with Gasteiger partial charge in [-0.15, -0.1) is 0 Å². The lowest BCUT2D eigenvalue weighted by Gasteiger charge is -2.23. The van der Waals surface area contributed by atoms with Gasteiger partial charge in [-0.1, -0.05) is 146 Å². The van der Waals surface area contributed by atoms with Crippen LogP contribution in [0.3, 0.4) is 0 Å². The number of aryl methyl sites for hydroxylation is 2. The van der Waals surface area contributed by atoms with Gasteiger partial charge in [0.05, 0.1) is 0 Å². The molecule has 0 unspecified atom stereocenters. The molecule has 0 aliphatic heterocycles. The van der Waals surface area contributed by atoms with Crippen molar-refractivity contribution >= 4 is 32.3 Å². The van der Waals surface area contributed by atoms with Crippen molar-refractivity contribution in [1.82, 2.24) is 0 Å². The van der Waals surface area contributed by atoms with Crippen molar-refractivity contribution < 1.29 is 0 Å². The third-order valence-electron chi connectivity index (χ3n) is 9.57. The van der Waals surface area contributed by atoms with Gasteiger partial charge in [-0.05, 0) is 113 Å². The second-order valence-electron chi connectivity index (χ2n) is 12.1. The molecular weight excluding hydrogens is 528 g/mol. The first-order valence-corrected chi connectivity index (χ1v) is 15.6. The number of hydrogen-bond donors (Lipinski definition) is 0. The lowest BCUT2D eigenvalue weighted by atomic mass is 9.81. The molecule has 0 radical (unpaired) electrons. The normalized spacial score (nSPS) is 12.4. The van der Waals surface area contributed by atoms with Crippen molar-refractivity contribution in [2.75, 3.05) is 0 Å². The quantitative estimate of drug-likeness (QED) is 0.202. The van der Waals surface area contributed by atoms with Crippen molar-refractivity contribution in [3.05, 3.63) is 169 Å². The van der Waals surface area contributed by atoms with Crippen LogP contribution in [0, 0.1) is 0 Å². The Balaban J connectivity index is 1.04. The summed E-state index contributed by atoms with van der Waals surface area (Å²) in [5, 5.41) is 7.85. The maximum absolute atomic E-state index is 2.41. The molecular formula is C44H30. The van der Waals surface area contributed by atoms with Crippen LogP contribution in [0.1, 0.15) is 11.1 Å². The van der Waals surface area contributed by atoms with Gasteiger partial charge in [0.2, 0.25) is 0 Å². The van der Waals surface area contributed by atoms with E-state index < -0.39 is 0 Å². The highest BCUT2D eigenvalue weighted by Gasteiger charge is 2.19. The molecule has 0 N–H and O–H groups in total. The average molecular weight is 559 g/mol. The number of benzene rings is 8. The highest BCUT2D eigenvalue weighted by Crippen LogP contribution is 2.40. The van der Waals surface area contributed by atoms with Crippen LogP contribution >= 0.6 is 0 Å².